The van der Waals surface area contributed by atoms with E-state index in [1.165, 1.54) is 5.56 Å². The Morgan fingerprint density at radius 3 is 2.47 bits per heavy atom. The fourth-order valence-electron chi connectivity index (χ4n) is 1.93. The third kappa shape index (κ3) is 1.78. The topological polar surface area (TPSA) is 39.2 Å². The first-order chi connectivity index (χ1) is 8.22. The number of hydrogen-bond acceptors (Lipinski definition) is 2. The molecule has 0 bridgehead atoms. The average molecular weight is 223 g/mol. The summed E-state index contributed by atoms with van der Waals surface area (Å²) in [5, 5.41) is 1.13. The quantitative estimate of drug-likeness (QED) is 0.633. The van der Waals surface area contributed by atoms with E-state index in [9.17, 15) is 0 Å². The molecule has 3 aromatic rings. The highest BCUT2D eigenvalue weighted by atomic mass is 16.3. The Kier molecular flexibility index (Phi) is 2.15. The molecule has 0 aliphatic carbocycles. The Morgan fingerprint density at radius 2 is 1.71 bits per heavy atom. The minimum Gasteiger partial charge on any atom is -0.456 e. The molecule has 0 amide bonds. The molecule has 0 saturated heterocycles. The predicted molar refractivity (Wildman–Crippen MR) is 70.8 cm³/mol. The summed E-state index contributed by atoms with van der Waals surface area (Å²) in [5.41, 5.74) is 9.61. The van der Waals surface area contributed by atoms with Crippen molar-refractivity contribution in [1.82, 2.24) is 0 Å². The van der Waals surface area contributed by atoms with E-state index >= 15 is 0 Å². The van der Waals surface area contributed by atoms with Gasteiger partial charge < -0.3 is 10.2 Å². The van der Waals surface area contributed by atoms with E-state index in [4.69, 9.17) is 10.2 Å². The zero-order valence-corrected chi connectivity index (χ0v) is 9.60. The van der Waals surface area contributed by atoms with E-state index in [2.05, 4.69) is 31.2 Å². The molecular formula is C15H13NO. The Bertz CT molecular complexity index is 665. The lowest BCUT2D eigenvalue weighted by Gasteiger charge is -1.96. The van der Waals surface area contributed by atoms with Gasteiger partial charge in [0.15, 0.2) is 0 Å². The largest absolute Gasteiger partial charge is 0.456 e. The lowest BCUT2D eigenvalue weighted by molar-refractivity contribution is 0.631. The number of aryl methyl sites for hydroxylation is 1. The summed E-state index contributed by atoms with van der Waals surface area (Å²) < 4.78 is 5.83. The van der Waals surface area contributed by atoms with Gasteiger partial charge in [0.05, 0.1) is 0 Å². The van der Waals surface area contributed by atoms with Crippen LogP contribution in [0.3, 0.4) is 0 Å². The van der Waals surface area contributed by atoms with Crippen LogP contribution >= 0.6 is 0 Å². The molecular weight excluding hydrogens is 210 g/mol. The highest BCUT2D eigenvalue weighted by molar-refractivity contribution is 5.83. The van der Waals surface area contributed by atoms with Crippen molar-refractivity contribution in [3.8, 4) is 11.3 Å². The van der Waals surface area contributed by atoms with Crippen LogP contribution in [-0.4, -0.2) is 0 Å². The van der Waals surface area contributed by atoms with Gasteiger partial charge in [-0.25, -0.2) is 0 Å². The van der Waals surface area contributed by atoms with Crippen molar-refractivity contribution < 1.29 is 4.42 Å². The van der Waals surface area contributed by atoms with Crippen LogP contribution in [0.25, 0.3) is 22.3 Å². The lowest BCUT2D eigenvalue weighted by atomic mass is 10.1. The maximum Gasteiger partial charge on any atom is 0.135 e. The molecule has 0 radical (unpaired) electrons. The molecule has 3 rings (SSSR count). The van der Waals surface area contributed by atoms with Crippen molar-refractivity contribution in [2.24, 2.45) is 0 Å². The second-order valence-corrected chi connectivity index (χ2v) is 4.27. The first kappa shape index (κ1) is 9.97. The van der Waals surface area contributed by atoms with E-state index < -0.39 is 0 Å². The average Bonchev–Trinajstić information content (AvgIpc) is 2.72. The van der Waals surface area contributed by atoms with Gasteiger partial charge in [0.2, 0.25) is 0 Å². The summed E-state index contributed by atoms with van der Waals surface area (Å²) in [6, 6.07) is 16.0. The van der Waals surface area contributed by atoms with Gasteiger partial charge >= 0.3 is 0 Å². The fourth-order valence-corrected chi connectivity index (χ4v) is 1.93. The van der Waals surface area contributed by atoms with Gasteiger partial charge in [-0.3, -0.25) is 0 Å². The van der Waals surface area contributed by atoms with Crippen LogP contribution < -0.4 is 5.73 Å². The van der Waals surface area contributed by atoms with Crippen LogP contribution in [0.5, 0.6) is 0 Å². The molecule has 17 heavy (non-hydrogen) atoms. The van der Waals surface area contributed by atoms with Gasteiger partial charge in [-0.2, -0.15) is 0 Å². The van der Waals surface area contributed by atoms with Crippen LogP contribution in [0.1, 0.15) is 5.56 Å². The molecule has 0 spiro atoms. The zero-order chi connectivity index (χ0) is 11.8. The molecule has 2 N–H and O–H groups in total. The zero-order valence-electron chi connectivity index (χ0n) is 9.60. The molecule has 0 aliphatic rings. The Hall–Kier alpha value is -2.22. The first-order valence-electron chi connectivity index (χ1n) is 5.58. The van der Waals surface area contributed by atoms with E-state index in [0.29, 0.717) is 0 Å². The lowest BCUT2D eigenvalue weighted by Crippen LogP contribution is -1.82. The monoisotopic (exact) mass is 223 g/mol. The molecule has 1 aromatic heterocycles. The summed E-state index contributed by atoms with van der Waals surface area (Å²) in [7, 11) is 0. The number of anilines is 1. The molecule has 2 nitrogen and oxygen atoms in total. The van der Waals surface area contributed by atoms with E-state index in [1.807, 2.05) is 24.3 Å². The first-order valence-corrected chi connectivity index (χ1v) is 5.58. The van der Waals surface area contributed by atoms with Crippen molar-refractivity contribution in [2.75, 3.05) is 5.73 Å². The Balaban J connectivity index is 2.14. The van der Waals surface area contributed by atoms with Gasteiger partial charge in [-0.1, -0.05) is 12.1 Å². The predicted octanol–water partition coefficient (Wildman–Crippen LogP) is 3.99. The molecule has 0 atom stereocenters. The van der Waals surface area contributed by atoms with Gasteiger partial charge in [-0.05, 0) is 48.9 Å². The second kappa shape index (κ2) is 3.67. The van der Waals surface area contributed by atoms with Gasteiger partial charge in [-0.15, -0.1) is 0 Å². The van der Waals surface area contributed by atoms with Crippen LogP contribution in [0.4, 0.5) is 5.69 Å². The maximum absolute atomic E-state index is 5.83. The number of hydrogen-bond donors (Lipinski definition) is 1. The highest BCUT2D eigenvalue weighted by Gasteiger charge is 2.05. The summed E-state index contributed by atoms with van der Waals surface area (Å²) in [6.45, 7) is 2.06. The van der Waals surface area contributed by atoms with Crippen molar-refractivity contribution in [2.45, 2.75) is 6.92 Å². The summed E-state index contributed by atoms with van der Waals surface area (Å²) in [4.78, 5) is 0. The van der Waals surface area contributed by atoms with Crippen molar-refractivity contribution in [1.29, 1.82) is 0 Å². The van der Waals surface area contributed by atoms with Crippen LogP contribution in [-0.2, 0) is 0 Å². The summed E-state index contributed by atoms with van der Waals surface area (Å²) in [5.74, 6) is 0.880. The smallest absolute Gasteiger partial charge is 0.135 e. The van der Waals surface area contributed by atoms with Crippen molar-refractivity contribution >= 4 is 16.7 Å². The van der Waals surface area contributed by atoms with E-state index in [0.717, 1.165) is 28.0 Å². The number of benzene rings is 2. The van der Waals surface area contributed by atoms with Gasteiger partial charge in [0.1, 0.15) is 11.3 Å². The van der Waals surface area contributed by atoms with E-state index in [-0.39, 0.29) is 0 Å². The maximum atomic E-state index is 5.83. The summed E-state index contributed by atoms with van der Waals surface area (Å²) >= 11 is 0. The van der Waals surface area contributed by atoms with Crippen molar-refractivity contribution in [3.63, 3.8) is 0 Å². The van der Waals surface area contributed by atoms with Crippen LogP contribution in [0.2, 0.25) is 0 Å². The summed E-state index contributed by atoms with van der Waals surface area (Å²) in [6.07, 6.45) is 0. The van der Waals surface area contributed by atoms with Gasteiger partial charge in [0, 0.05) is 16.6 Å². The Labute approximate surface area is 99.7 Å². The van der Waals surface area contributed by atoms with Crippen LogP contribution in [0.15, 0.2) is 52.9 Å². The van der Waals surface area contributed by atoms with Crippen molar-refractivity contribution in [3.05, 3.63) is 54.1 Å². The second-order valence-electron chi connectivity index (χ2n) is 4.27. The molecule has 1 heterocycles. The van der Waals surface area contributed by atoms with Gasteiger partial charge in [0.25, 0.3) is 0 Å². The molecule has 2 heteroatoms. The third-order valence-electron chi connectivity index (χ3n) is 2.87. The molecule has 0 aliphatic heterocycles. The third-order valence-corrected chi connectivity index (χ3v) is 2.87. The normalized spacial score (nSPS) is 10.9. The minimum atomic E-state index is 0.765. The number of nitrogens with two attached hydrogens (primary N) is 1. The standard InChI is InChI=1S/C15H13NO/c1-10-2-3-12-9-15(17-14(12)8-10)11-4-6-13(16)7-5-11/h2-9H,16H2,1H3. The van der Waals surface area contributed by atoms with E-state index in [1.54, 1.807) is 0 Å². The minimum absolute atomic E-state index is 0.765. The molecule has 0 saturated carbocycles. The molecule has 84 valence electrons. The number of furan rings is 1. The Morgan fingerprint density at radius 1 is 0.941 bits per heavy atom. The number of nitrogen functional groups attached to an aromatic ring is 1. The molecule has 0 unspecified atom stereocenters. The fraction of sp³-hybridized carbons (Fsp3) is 0.0667. The SMILES string of the molecule is Cc1ccc2cc(-c3ccc(N)cc3)oc2c1. The van der Waals surface area contributed by atoms with Crippen LogP contribution in [0, 0.1) is 6.92 Å². The molecule has 2 aromatic carbocycles. The molecule has 0 fully saturated rings. The number of rotatable bonds is 1. The number of fused-ring (bicyclic) bond motifs is 1. The highest BCUT2D eigenvalue weighted by Crippen LogP contribution is 2.28.